The lowest BCUT2D eigenvalue weighted by atomic mass is 10.0. The largest absolute Gasteiger partial charge is 0.350 e. The molecule has 0 saturated carbocycles. The topological polar surface area (TPSA) is 87.3 Å². The van der Waals surface area contributed by atoms with Crippen molar-refractivity contribution in [2.75, 3.05) is 5.75 Å². The second-order valence-corrected chi connectivity index (χ2v) is 8.39. The zero-order valence-corrected chi connectivity index (χ0v) is 16.5. The Morgan fingerprint density at radius 3 is 2.50 bits per heavy atom. The molecule has 2 unspecified atom stereocenters. The Hall–Kier alpha value is -2.02. The molecule has 2 atom stereocenters. The van der Waals surface area contributed by atoms with E-state index in [1.54, 1.807) is 13.0 Å². The number of hydrogen-bond donors (Lipinski definition) is 3. The van der Waals surface area contributed by atoms with E-state index in [0.29, 0.717) is 17.2 Å². The summed E-state index contributed by atoms with van der Waals surface area (Å²) in [5, 5.41) is 7.93. The molecule has 1 aliphatic rings. The number of imide groups is 1. The summed E-state index contributed by atoms with van der Waals surface area (Å²) in [6.07, 6.45) is 1.99. The molecule has 26 heavy (non-hydrogen) atoms. The third kappa shape index (κ3) is 5.24. The predicted molar refractivity (Wildman–Crippen MR) is 103 cm³/mol. The van der Waals surface area contributed by atoms with Crippen LogP contribution in [0.25, 0.3) is 0 Å². The van der Waals surface area contributed by atoms with Gasteiger partial charge in [0, 0.05) is 16.7 Å². The maximum absolute atomic E-state index is 12.6. The molecule has 1 fully saturated rings. The molecule has 0 aromatic heterocycles. The van der Waals surface area contributed by atoms with Crippen molar-refractivity contribution in [2.45, 2.75) is 57.0 Å². The summed E-state index contributed by atoms with van der Waals surface area (Å²) in [6, 6.07) is 6.93. The van der Waals surface area contributed by atoms with Gasteiger partial charge in [-0.1, -0.05) is 26.0 Å². The Kier molecular flexibility index (Phi) is 6.69. The molecule has 1 saturated heterocycles. The summed E-state index contributed by atoms with van der Waals surface area (Å²) >= 11 is 1.39. The second-order valence-electron chi connectivity index (χ2n) is 7.37. The quantitative estimate of drug-likeness (QED) is 0.480. The zero-order chi connectivity index (χ0) is 19.3. The van der Waals surface area contributed by atoms with Crippen molar-refractivity contribution >= 4 is 29.6 Å². The molecular formula is C19H27N3O3S. The van der Waals surface area contributed by atoms with Crippen molar-refractivity contribution in [1.29, 1.82) is 0 Å². The van der Waals surface area contributed by atoms with E-state index in [1.165, 1.54) is 11.8 Å². The van der Waals surface area contributed by atoms with Crippen LogP contribution in [0, 0.1) is 5.92 Å². The van der Waals surface area contributed by atoms with Crippen LogP contribution in [0.2, 0.25) is 0 Å². The van der Waals surface area contributed by atoms with Gasteiger partial charge < -0.3 is 10.6 Å². The fourth-order valence-corrected chi connectivity index (χ4v) is 3.78. The van der Waals surface area contributed by atoms with Crippen molar-refractivity contribution < 1.29 is 14.4 Å². The Morgan fingerprint density at radius 2 is 1.88 bits per heavy atom. The monoisotopic (exact) mass is 377 g/mol. The van der Waals surface area contributed by atoms with E-state index in [0.717, 1.165) is 17.7 Å². The van der Waals surface area contributed by atoms with Crippen LogP contribution in [0.3, 0.4) is 0 Å². The molecule has 1 heterocycles. The van der Waals surface area contributed by atoms with E-state index in [4.69, 9.17) is 0 Å². The molecule has 1 aromatic rings. The number of benzene rings is 1. The SMILES string of the molecule is CC(C)CCC(C)NC(=O)c1ccccc1SCC1(C)NC(=O)NC1=O. The minimum absolute atomic E-state index is 0.0976. The summed E-state index contributed by atoms with van der Waals surface area (Å²) < 4.78 is 0. The Morgan fingerprint density at radius 1 is 1.19 bits per heavy atom. The molecule has 142 valence electrons. The Bertz CT molecular complexity index is 692. The van der Waals surface area contributed by atoms with E-state index in [1.807, 2.05) is 25.1 Å². The van der Waals surface area contributed by atoms with E-state index >= 15 is 0 Å². The van der Waals surface area contributed by atoms with Crippen LogP contribution < -0.4 is 16.0 Å². The molecule has 1 aromatic carbocycles. The number of carbonyl (C=O) groups is 3. The number of thioether (sulfide) groups is 1. The minimum Gasteiger partial charge on any atom is -0.350 e. The lowest BCUT2D eigenvalue weighted by molar-refractivity contribution is -0.122. The van der Waals surface area contributed by atoms with Gasteiger partial charge in [-0.2, -0.15) is 0 Å². The first-order valence-electron chi connectivity index (χ1n) is 8.87. The van der Waals surface area contributed by atoms with Gasteiger partial charge in [0.1, 0.15) is 5.54 Å². The van der Waals surface area contributed by atoms with Crippen molar-refractivity contribution in [3.63, 3.8) is 0 Å². The lowest BCUT2D eigenvalue weighted by Gasteiger charge is -2.21. The Labute approximate surface area is 158 Å². The van der Waals surface area contributed by atoms with Gasteiger partial charge in [0.05, 0.1) is 5.56 Å². The van der Waals surface area contributed by atoms with Crippen LogP contribution in [0.1, 0.15) is 50.9 Å². The first-order chi connectivity index (χ1) is 12.2. The normalized spacial score (nSPS) is 20.7. The summed E-state index contributed by atoms with van der Waals surface area (Å²) in [7, 11) is 0. The maximum Gasteiger partial charge on any atom is 0.322 e. The van der Waals surface area contributed by atoms with Crippen LogP contribution >= 0.6 is 11.8 Å². The lowest BCUT2D eigenvalue weighted by Crippen LogP contribution is -2.46. The van der Waals surface area contributed by atoms with Crippen LogP contribution in [-0.2, 0) is 4.79 Å². The van der Waals surface area contributed by atoms with E-state index in [-0.39, 0.29) is 17.9 Å². The van der Waals surface area contributed by atoms with Gasteiger partial charge in [-0.15, -0.1) is 11.8 Å². The number of nitrogens with one attached hydrogen (secondary N) is 3. The van der Waals surface area contributed by atoms with Crippen molar-refractivity contribution in [2.24, 2.45) is 5.92 Å². The predicted octanol–water partition coefficient (Wildman–Crippen LogP) is 2.93. The van der Waals surface area contributed by atoms with Gasteiger partial charge in [-0.05, 0) is 44.7 Å². The van der Waals surface area contributed by atoms with E-state index < -0.39 is 11.6 Å². The van der Waals surface area contributed by atoms with Crippen molar-refractivity contribution in [1.82, 2.24) is 16.0 Å². The van der Waals surface area contributed by atoms with Gasteiger partial charge in [0.25, 0.3) is 11.8 Å². The fourth-order valence-electron chi connectivity index (χ4n) is 2.64. The van der Waals surface area contributed by atoms with Gasteiger partial charge in [0.15, 0.2) is 0 Å². The number of amides is 4. The number of rotatable bonds is 8. The second kappa shape index (κ2) is 8.58. The standard InChI is InChI=1S/C19H27N3O3S/c1-12(2)9-10-13(3)20-16(23)14-7-5-6-8-15(14)26-11-19(4)17(24)21-18(25)22-19/h5-8,12-13H,9-11H2,1-4H3,(H,20,23)(H2,21,22,24,25). The first kappa shape index (κ1) is 20.3. The fraction of sp³-hybridized carbons (Fsp3) is 0.526. The summed E-state index contributed by atoms with van der Waals surface area (Å²) in [4.78, 5) is 36.7. The van der Waals surface area contributed by atoms with Gasteiger partial charge >= 0.3 is 6.03 Å². The molecule has 2 rings (SSSR count). The number of urea groups is 1. The highest BCUT2D eigenvalue weighted by Crippen LogP contribution is 2.27. The molecule has 0 radical (unpaired) electrons. The van der Waals surface area contributed by atoms with Gasteiger partial charge in [-0.25, -0.2) is 4.79 Å². The molecule has 0 spiro atoms. The number of carbonyl (C=O) groups excluding carboxylic acids is 3. The molecular weight excluding hydrogens is 350 g/mol. The van der Waals surface area contributed by atoms with Crippen LogP contribution in [0.4, 0.5) is 4.79 Å². The third-order valence-electron chi connectivity index (χ3n) is 4.32. The Balaban J connectivity index is 2.02. The molecule has 0 aliphatic carbocycles. The average Bonchev–Trinajstić information content (AvgIpc) is 2.83. The first-order valence-corrected chi connectivity index (χ1v) is 9.86. The van der Waals surface area contributed by atoms with Crippen molar-refractivity contribution in [3.8, 4) is 0 Å². The highest BCUT2D eigenvalue weighted by molar-refractivity contribution is 7.99. The molecule has 1 aliphatic heterocycles. The smallest absolute Gasteiger partial charge is 0.322 e. The van der Waals surface area contributed by atoms with Crippen molar-refractivity contribution in [3.05, 3.63) is 29.8 Å². The summed E-state index contributed by atoms with van der Waals surface area (Å²) in [5.41, 5.74) is -0.391. The average molecular weight is 378 g/mol. The third-order valence-corrected chi connectivity index (χ3v) is 5.71. The highest BCUT2D eigenvalue weighted by Gasteiger charge is 2.41. The van der Waals surface area contributed by atoms with Crippen LogP contribution in [0.15, 0.2) is 29.2 Å². The van der Waals surface area contributed by atoms with E-state index in [2.05, 4.69) is 29.8 Å². The zero-order valence-electron chi connectivity index (χ0n) is 15.7. The molecule has 6 nitrogen and oxygen atoms in total. The molecule has 3 N–H and O–H groups in total. The van der Waals surface area contributed by atoms with Crippen LogP contribution in [0.5, 0.6) is 0 Å². The summed E-state index contributed by atoms with van der Waals surface area (Å²) in [6.45, 7) is 8.02. The molecule has 7 heteroatoms. The van der Waals surface area contributed by atoms with Gasteiger partial charge in [0.2, 0.25) is 0 Å². The summed E-state index contributed by atoms with van der Waals surface area (Å²) in [5.74, 6) is 0.483. The molecule has 0 bridgehead atoms. The number of hydrogen-bond acceptors (Lipinski definition) is 4. The van der Waals surface area contributed by atoms with E-state index in [9.17, 15) is 14.4 Å². The maximum atomic E-state index is 12.6. The van der Waals surface area contributed by atoms with Crippen LogP contribution in [-0.4, -0.2) is 35.2 Å². The highest BCUT2D eigenvalue weighted by atomic mass is 32.2. The minimum atomic E-state index is -0.976. The molecule has 4 amide bonds. The van der Waals surface area contributed by atoms with Gasteiger partial charge in [-0.3, -0.25) is 14.9 Å².